The van der Waals surface area contributed by atoms with E-state index in [1.807, 2.05) is 0 Å². The van der Waals surface area contributed by atoms with Crippen LogP contribution in [0.3, 0.4) is 0 Å². The molecule has 0 aliphatic carbocycles. The van der Waals surface area contributed by atoms with Crippen LogP contribution in [0.15, 0.2) is 16.5 Å². The van der Waals surface area contributed by atoms with Gasteiger partial charge in [0.15, 0.2) is 4.77 Å². The SMILES string of the molecule is O=c1[nH][nH]c(=S)n1Cc1cncs1. The zero-order valence-electron chi connectivity index (χ0n) is 6.48. The van der Waals surface area contributed by atoms with Crippen LogP contribution in [0.25, 0.3) is 0 Å². The van der Waals surface area contributed by atoms with Gasteiger partial charge in [-0.25, -0.2) is 9.89 Å². The molecule has 0 saturated carbocycles. The van der Waals surface area contributed by atoms with Crippen molar-refractivity contribution in [3.63, 3.8) is 0 Å². The second-order valence-corrected chi connectivity index (χ2v) is 3.77. The van der Waals surface area contributed by atoms with Crippen LogP contribution in [0, 0.1) is 4.77 Å². The van der Waals surface area contributed by atoms with E-state index in [1.54, 1.807) is 11.7 Å². The highest BCUT2D eigenvalue weighted by atomic mass is 32.1. The molecule has 68 valence electrons. The van der Waals surface area contributed by atoms with Crippen molar-refractivity contribution >= 4 is 23.6 Å². The van der Waals surface area contributed by atoms with E-state index in [4.69, 9.17) is 12.2 Å². The lowest BCUT2D eigenvalue weighted by molar-refractivity contribution is 0.760. The molecule has 2 heterocycles. The van der Waals surface area contributed by atoms with Crippen LogP contribution >= 0.6 is 23.6 Å². The number of aromatic amines is 2. The molecular weight excluding hydrogens is 208 g/mol. The van der Waals surface area contributed by atoms with Gasteiger partial charge in [0.25, 0.3) is 0 Å². The third kappa shape index (κ3) is 1.61. The Balaban J connectivity index is 2.38. The second-order valence-electron chi connectivity index (χ2n) is 2.41. The lowest BCUT2D eigenvalue weighted by Crippen LogP contribution is -2.16. The molecule has 0 atom stereocenters. The molecule has 0 amide bonds. The minimum Gasteiger partial charge on any atom is -0.272 e. The molecule has 0 aliphatic rings. The lowest BCUT2D eigenvalue weighted by Gasteiger charge is -1.94. The van der Waals surface area contributed by atoms with E-state index in [-0.39, 0.29) is 5.69 Å². The Morgan fingerprint density at radius 1 is 1.62 bits per heavy atom. The fourth-order valence-electron chi connectivity index (χ4n) is 0.954. The lowest BCUT2D eigenvalue weighted by atomic mass is 10.5. The molecule has 0 aliphatic heterocycles. The molecule has 5 nitrogen and oxygen atoms in total. The zero-order chi connectivity index (χ0) is 9.26. The molecule has 0 aromatic carbocycles. The maximum Gasteiger partial charge on any atom is 0.342 e. The van der Waals surface area contributed by atoms with E-state index in [0.717, 1.165) is 4.88 Å². The molecule has 0 unspecified atom stereocenters. The summed E-state index contributed by atoms with van der Waals surface area (Å²) in [4.78, 5) is 16.1. The molecule has 0 saturated heterocycles. The average Bonchev–Trinajstić information content (AvgIpc) is 2.70. The van der Waals surface area contributed by atoms with Crippen molar-refractivity contribution < 1.29 is 0 Å². The monoisotopic (exact) mass is 214 g/mol. The summed E-state index contributed by atoms with van der Waals surface area (Å²) in [7, 11) is 0. The van der Waals surface area contributed by atoms with Gasteiger partial charge >= 0.3 is 5.69 Å². The van der Waals surface area contributed by atoms with Crippen LogP contribution in [-0.2, 0) is 6.54 Å². The quantitative estimate of drug-likeness (QED) is 0.724. The van der Waals surface area contributed by atoms with Crippen molar-refractivity contribution in [2.45, 2.75) is 6.54 Å². The highest BCUT2D eigenvalue weighted by molar-refractivity contribution is 7.71. The maximum atomic E-state index is 11.2. The maximum absolute atomic E-state index is 11.2. The topological polar surface area (TPSA) is 66.5 Å². The third-order valence-corrected chi connectivity index (χ3v) is 2.65. The molecule has 0 fully saturated rings. The molecule has 2 N–H and O–H groups in total. The molecule has 7 heteroatoms. The molecule has 0 bridgehead atoms. The highest BCUT2D eigenvalue weighted by Gasteiger charge is 2.01. The minimum absolute atomic E-state index is 0.224. The molecule has 2 aromatic heterocycles. The van der Waals surface area contributed by atoms with Crippen LogP contribution in [0.1, 0.15) is 4.88 Å². The van der Waals surface area contributed by atoms with E-state index in [9.17, 15) is 4.79 Å². The predicted octanol–water partition coefficient (Wildman–Crippen LogP) is 0.739. The summed E-state index contributed by atoms with van der Waals surface area (Å²) < 4.78 is 1.85. The van der Waals surface area contributed by atoms with Gasteiger partial charge in [-0.3, -0.25) is 14.6 Å². The van der Waals surface area contributed by atoms with Gasteiger partial charge in [0, 0.05) is 11.1 Å². The molecule has 2 aromatic rings. The van der Waals surface area contributed by atoms with Gasteiger partial charge in [-0.2, -0.15) is 0 Å². The van der Waals surface area contributed by atoms with Crippen molar-refractivity contribution in [2.75, 3.05) is 0 Å². The molecular formula is C6H6N4OS2. The van der Waals surface area contributed by atoms with Crippen LogP contribution in [0.5, 0.6) is 0 Å². The smallest absolute Gasteiger partial charge is 0.272 e. The van der Waals surface area contributed by atoms with E-state index < -0.39 is 0 Å². The van der Waals surface area contributed by atoms with Gasteiger partial charge in [0.2, 0.25) is 0 Å². The van der Waals surface area contributed by atoms with E-state index >= 15 is 0 Å². The predicted molar refractivity (Wildman–Crippen MR) is 51.5 cm³/mol. The van der Waals surface area contributed by atoms with Gasteiger partial charge in [-0.05, 0) is 12.2 Å². The number of rotatable bonds is 2. The van der Waals surface area contributed by atoms with Gasteiger partial charge in [0.1, 0.15) is 0 Å². The van der Waals surface area contributed by atoms with E-state index in [2.05, 4.69) is 15.2 Å². The number of thiazole rings is 1. The number of nitrogens with zero attached hydrogens (tertiary/aromatic N) is 2. The Morgan fingerprint density at radius 2 is 2.46 bits per heavy atom. The van der Waals surface area contributed by atoms with E-state index in [1.165, 1.54) is 15.9 Å². The third-order valence-electron chi connectivity index (χ3n) is 1.56. The summed E-state index contributed by atoms with van der Waals surface area (Å²) in [6, 6.07) is 0. The summed E-state index contributed by atoms with van der Waals surface area (Å²) in [6.07, 6.45) is 1.72. The van der Waals surface area contributed by atoms with Gasteiger partial charge in [0.05, 0.1) is 12.1 Å². The van der Waals surface area contributed by atoms with Gasteiger partial charge in [-0.15, -0.1) is 11.3 Å². The van der Waals surface area contributed by atoms with Crippen molar-refractivity contribution in [3.05, 3.63) is 31.8 Å². The number of nitrogens with one attached hydrogen (secondary N) is 2. The Kier molecular flexibility index (Phi) is 2.11. The number of hydrogen-bond donors (Lipinski definition) is 2. The van der Waals surface area contributed by atoms with Crippen LogP contribution < -0.4 is 5.69 Å². The summed E-state index contributed by atoms with van der Waals surface area (Å²) >= 11 is 6.40. The summed E-state index contributed by atoms with van der Waals surface area (Å²) in [5.41, 5.74) is 1.50. The number of H-pyrrole nitrogens is 2. The number of hydrogen-bond acceptors (Lipinski definition) is 4. The normalized spacial score (nSPS) is 10.5. The molecule has 2 rings (SSSR count). The average molecular weight is 214 g/mol. The Bertz CT molecular complexity index is 464. The zero-order valence-corrected chi connectivity index (χ0v) is 8.11. The Labute approximate surface area is 82.1 Å². The first-order chi connectivity index (χ1) is 6.27. The minimum atomic E-state index is -0.224. The first kappa shape index (κ1) is 8.39. The molecule has 0 radical (unpaired) electrons. The van der Waals surface area contributed by atoms with Crippen LogP contribution in [-0.4, -0.2) is 19.7 Å². The van der Waals surface area contributed by atoms with E-state index in [0.29, 0.717) is 11.3 Å². The van der Waals surface area contributed by atoms with Crippen molar-refractivity contribution in [2.24, 2.45) is 0 Å². The van der Waals surface area contributed by atoms with Gasteiger partial charge in [-0.1, -0.05) is 0 Å². The number of aromatic nitrogens is 4. The largest absolute Gasteiger partial charge is 0.342 e. The molecule has 0 spiro atoms. The fourth-order valence-corrected chi connectivity index (χ4v) is 1.73. The Hall–Kier alpha value is -1.21. The first-order valence-electron chi connectivity index (χ1n) is 3.52. The van der Waals surface area contributed by atoms with Crippen LogP contribution in [0.4, 0.5) is 0 Å². The first-order valence-corrected chi connectivity index (χ1v) is 4.81. The van der Waals surface area contributed by atoms with Crippen molar-refractivity contribution in [1.82, 2.24) is 19.7 Å². The summed E-state index contributed by atoms with van der Waals surface area (Å²) in [5.74, 6) is 0. The molecule has 13 heavy (non-hydrogen) atoms. The van der Waals surface area contributed by atoms with Crippen molar-refractivity contribution in [1.29, 1.82) is 0 Å². The highest BCUT2D eigenvalue weighted by Crippen LogP contribution is 2.06. The van der Waals surface area contributed by atoms with Crippen molar-refractivity contribution in [3.8, 4) is 0 Å². The Morgan fingerprint density at radius 3 is 3.00 bits per heavy atom. The summed E-state index contributed by atoms with van der Waals surface area (Å²) in [5, 5.41) is 4.99. The summed E-state index contributed by atoms with van der Waals surface area (Å²) in [6.45, 7) is 0.475. The fraction of sp³-hybridized carbons (Fsp3) is 0.167. The standard InChI is InChI=1S/C6H6N4OS2/c11-5-8-9-6(12)10(5)2-4-1-7-3-13-4/h1,3H,2H2,(H,8,11)(H,9,12). The van der Waals surface area contributed by atoms with Gasteiger partial charge < -0.3 is 0 Å². The van der Waals surface area contributed by atoms with Crippen LogP contribution in [0.2, 0.25) is 0 Å². The second kappa shape index (κ2) is 3.27.